The average molecular weight is 1630 g/mol. The fourth-order valence-electron chi connectivity index (χ4n) is 20.5. The molecule has 0 aliphatic heterocycles. The highest BCUT2D eigenvalue weighted by Crippen LogP contribution is 2.49. The first-order chi connectivity index (χ1) is 59.4. The lowest BCUT2D eigenvalue weighted by Crippen LogP contribution is -2.13. The molecule has 0 radical (unpaired) electrons. The van der Waals surface area contributed by atoms with Crippen molar-refractivity contribution in [1.82, 2.24) is 0 Å². The largest absolute Gasteiger partial charge is 0.494 e. The molecular weight excluding hydrogens is 1470 g/mol. The van der Waals surface area contributed by atoms with E-state index in [1.54, 1.807) is 0 Å². The van der Waals surface area contributed by atoms with E-state index in [0.717, 1.165) is 232 Å². The quantitative estimate of drug-likeness (QED) is 0.0349. The molecule has 120 heavy (non-hydrogen) atoms. The van der Waals surface area contributed by atoms with Crippen LogP contribution in [0.2, 0.25) is 0 Å². The molecule has 0 atom stereocenters. The minimum absolute atomic E-state index is 0.608. The van der Waals surface area contributed by atoms with Crippen LogP contribution < -0.4 is 37.9 Å². The van der Waals surface area contributed by atoms with E-state index in [1.807, 2.05) is 0 Å². The van der Waals surface area contributed by atoms with E-state index in [-0.39, 0.29) is 0 Å². The Hall–Kier alpha value is -7.32. The number of hydrogen-bond donors (Lipinski definition) is 0. The van der Waals surface area contributed by atoms with Gasteiger partial charge in [0.15, 0.2) is 0 Å². The summed E-state index contributed by atoms with van der Waals surface area (Å²) in [7, 11) is 0. The average Bonchev–Trinajstić information content (AvgIpc) is 0.747. The summed E-state index contributed by atoms with van der Waals surface area (Å²) in [5, 5.41) is 4.44. The van der Waals surface area contributed by atoms with Gasteiger partial charge in [-0.05, 0) is 394 Å². The van der Waals surface area contributed by atoms with Crippen LogP contribution in [0.25, 0.3) is 32.7 Å². The molecule has 4 fully saturated rings. The van der Waals surface area contributed by atoms with Crippen LogP contribution in [0.1, 0.15) is 382 Å². The molecule has 12 rings (SSSR count). The van der Waals surface area contributed by atoms with Crippen molar-refractivity contribution in [2.24, 2.45) is 23.7 Å². The molecule has 0 heterocycles. The smallest absolute Gasteiger partial charge is 0.127 e. The van der Waals surface area contributed by atoms with Crippen molar-refractivity contribution in [3.63, 3.8) is 0 Å². The van der Waals surface area contributed by atoms with E-state index >= 15 is 0 Å². The maximum Gasteiger partial charge on any atom is 0.127 e. The molecule has 8 aromatic rings. The van der Waals surface area contributed by atoms with Gasteiger partial charge >= 0.3 is 0 Å². The van der Waals surface area contributed by atoms with E-state index in [4.69, 9.17) is 37.9 Å². The summed E-state index contributed by atoms with van der Waals surface area (Å²) in [5.41, 5.74) is 8.07. The number of rotatable bonds is 57. The highest BCUT2D eigenvalue weighted by molar-refractivity contribution is 6.10. The summed E-state index contributed by atoms with van der Waals surface area (Å²) in [5.74, 6) is 14.0. The van der Waals surface area contributed by atoms with Gasteiger partial charge in [-0.3, -0.25) is 0 Å². The molecule has 0 spiro atoms. The minimum Gasteiger partial charge on any atom is -0.494 e. The van der Waals surface area contributed by atoms with E-state index in [9.17, 15) is 0 Å². The summed E-state index contributed by atoms with van der Waals surface area (Å²) in [4.78, 5) is 0. The molecule has 0 amide bonds. The van der Waals surface area contributed by atoms with Gasteiger partial charge in [0.1, 0.15) is 46.0 Å². The topological polar surface area (TPSA) is 73.8 Å². The lowest BCUT2D eigenvalue weighted by atomic mass is 9.77. The summed E-state index contributed by atoms with van der Waals surface area (Å²) >= 11 is 0. The first-order valence-electron chi connectivity index (χ1n) is 49.9. The van der Waals surface area contributed by atoms with Gasteiger partial charge in [-0.15, -0.1) is 0 Å². The molecule has 8 aromatic carbocycles. The first-order valence-corrected chi connectivity index (χ1v) is 49.9. The lowest BCUT2D eigenvalue weighted by molar-refractivity contribution is 0.286. The lowest BCUT2D eigenvalue weighted by Gasteiger charge is -2.29. The monoisotopic (exact) mass is 1630 g/mol. The van der Waals surface area contributed by atoms with Crippen LogP contribution in [-0.4, -0.2) is 52.9 Å². The predicted molar refractivity (Wildman–Crippen MR) is 506 cm³/mol. The van der Waals surface area contributed by atoms with Gasteiger partial charge in [0.25, 0.3) is 0 Å². The Morgan fingerprint density at radius 3 is 0.650 bits per heavy atom. The van der Waals surface area contributed by atoms with Crippen LogP contribution >= 0.6 is 0 Å². The van der Waals surface area contributed by atoms with Gasteiger partial charge in [-0.1, -0.05) is 191 Å². The third-order valence-corrected chi connectivity index (χ3v) is 28.1. The molecule has 0 bridgehead atoms. The molecule has 8 heteroatoms. The van der Waals surface area contributed by atoms with E-state index in [1.165, 1.54) is 228 Å². The summed E-state index contributed by atoms with van der Waals surface area (Å²) < 4.78 is 52.6. The molecule has 0 unspecified atom stereocenters. The molecule has 0 N–H and O–H groups in total. The van der Waals surface area contributed by atoms with Gasteiger partial charge in [0.05, 0.1) is 52.9 Å². The number of ether oxygens (including phenoxy) is 8. The zero-order chi connectivity index (χ0) is 82.7. The van der Waals surface area contributed by atoms with Crippen molar-refractivity contribution in [1.29, 1.82) is 0 Å². The van der Waals surface area contributed by atoms with Gasteiger partial charge < -0.3 is 37.9 Å². The van der Waals surface area contributed by atoms with Crippen molar-refractivity contribution in [3.05, 3.63) is 180 Å². The second-order valence-electron chi connectivity index (χ2n) is 37.2. The van der Waals surface area contributed by atoms with Crippen LogP contribution in [-0.2, 0) is 0 Å². The van der Waals surface area contributed by atoms with Crippen molar-refractivity contribution < 1.29 is 37.9 Å². The van der Waals surface area contributed by atoms with Crippen LogP contribution in [0.5, 0.6) is 46.0 Å². The molecule has 4 saturated carbocycles. The maximum atomic E-state index is 7.06. The third kappa shape index (κ3) is 30.6. The van der Waals surface area contributed by atoms with Crippen LogP contribution in [0.15, 0.2) is 158 Å². The van der Waals surface area contributed by atoms with Crippen molar-refractivity contribution >= 4 is 21.5 Å². The molecule has 4 aliphatic rings. The van der Waals surface area contributed by atoms with Crippen LogP contribution in [0.3, 0.4) is 0 Å². The summed E-state index contributed by atoms with van der Waals surface area (Å²) in [6.07, 6.45) is 60.4. The van der Waals surface area contributed by atoms with Gasteiger partial charge in [-0.2, -0.15) is 0 Å². The molecule has 8 nitrogen and oxygen atoms in total. The van der Waals surface area contributed by atoms with Crippen molar-refractivity contribution in [3.8, 4) is 57.1 Å². The highest BCUT2D eigenvalue weighted by atomic mass is 16.5. The Morgan fingerprint density at radius 2 is 0.417 bits per heavy atom. The highest BCUT2D eigenvalue weighted by Gasteiger charge is 2.28. The zero-order valence-electron chi connectivity index (χ0n) is 75.5. The number of benzene rings is 8. The van der Waals surface area contributed by atoms with Gasteiger partial charge in [0.2, 0.25) is 0 Å². The fraction of sp³-hybridized carbons (Fsp3) is 0.607. The Bertz CT molecular complexity index is 3790. The summed E-state index contributed by atoms with van der Waals surface area (Å²) in [6, 6.07) is 58.4. The van der Waals surface area contributed by atoms with Crippen molar-refractivity contribution in [2.75, 3.05) is 52.9 Å². The predicted octanol–water partition coefficient (Wildman–Crippen LogP) is 33.1. The Morgan fingerprint density at radius 1 is 0.200 bits per heavy atom. The second-order valence-corrected chi connectivity index (χ2v) is 37.2. The second kappa shape index (κ2) is 53.0. The summed E-state index contributed by atoms with van der Waals surface area (Å²) in [6.45, 7) is 14.7. The Balaban J connectivity index is 0.662. The fourth-order valence-corrected chi connectivity index (χ4v) is 20.5. The normalized spacial score (nSPS) is 19.5. The molecule has 0 aromatic heterocycles. The number of fused-ring (bicyclic) bond motifs is 2. The van der Waals surface area contributed by atoms with E-state index in [2.05, 4.69) is 185 Å². The van der Waals surface area contributed by atoms with Gasteiger partial charge in [-0.25, -0.2) is 0 Å². The van der Waals surface area contributed by atoms with Crippen molar-refractivity contribution in [2.45, 2.75) is 360 Å². The van der Waals surface area contributed by atoms with Crippen LogP contribution in [0.4, 0.5) is 0 Å². The Kier molecular flexibility index (Phi) is 40.6. The number of hydrogen-bond acceptors (Lipinski definition) is 8. The number of unbranched alkanes of at least 4 members (excludes halogenated alkanes) is 20. The van der Waals surface area contributed by atoms with E-state index in [0.29, 0.717) is 50.1 Å². The standard InChI is InChI=1S/C112H158O8/c1-5-9-21-33-87-37-45-91(46-38-87)95-53-63-101(64-54-95)113-77-25-13-15-29-81-117-105-71-73-107-99(85-105)61-75-109(119-83-31-19-17-27-79-115-103-67-57-97(58-68-103)93-49-41-89(42-50-93)35-23-11-7-3)111(107)112-108-74-72-106(118-82-30-16-14-26-78-114-102-65-55-96(56-66-102)92-47-39-88(40-48-92)34-22-10-6-2)86-100(108)62-76-110(112)120-84-32-20-18-28-80-116-104-69-59-98(60-70-104)94-51-43-90(44-52-94)36-24-12-8-4/h53-76,85-94H,5-52,77-84H2,1-4H3. The molecular formula is C112H158O8. The minimum atomic E-state index is 0.608. The molecule has 654 valence electrons. The van der Waals surface area contributed by atoms with Gasteiger partial charge in [0, 0.05) is 11.1 Å². The zero-order valence-corrected chi connectivity index (χ0v) is 75.5. The van der Waals surface area contributed by atoms with Crippen LogP contribution in [0, 0.1) is 23.7 Å². The molecule has 0 saturated heterocycles. The third-order valence-electron chi connectivity index (χ3n) is 28.1. The Labute approximate surface area is 728 Å². The first kappa shape index (κ1) is 91.9. The maximum absolute atomic E-state index is 7.06. The van der Waals surface area contributed by atoms with E-state index < -0.39 is 0 Å². The SMILES string of the molecule is CCCCCC1CCC(c2ccc(OCCCCCCOc3ccc4c(-c5c(OCCCCCCOc6ccc(C7CCC(CCCCC)CC7)cc6)ccc6cc(OCCCCCCOc7ccc(C8CCC(CCCCC)CC8)cc7)ccc56)c(OCCCCCCOc5ccc(C6CCC(CCCCC)CC6)cc5)ccc4c3)cc2)CC1. The molecule has 4 aliphatic carbocycles.